The second-order valence-corrected chi connectivity index (χ2v) is 4.96. The van der Waals surface area contributed by atoms with Crippen molar-refractivity contribution in [3.63, 3.8) is 0 Å². The zero-order valence-corrected chi connectivity index (χ0v) is 12.3. The first-order valence-electron chi connectivity index (χ1n) is 6.04. The van der Waals surface area contributed by atoms with Crippen LogP contribution in [0.4, 0.5) is 5.69 Å². The van der Waals surface area contributed by atoms with Gasteiger partial charge >= 0.3 is 0 Å². The van der Waals surface area contributed by atoms with Crippen LogP contribution in [0.15, 0.2) is 59.0 Å². The number of ketones is 1. The third-order valence-corrected chi connectivity index (χ3v) is 3.31. The summed E-state index contributed by atoms with van der Waals surface area (Å²) in [7, 11) is 0. The highest BCUT2D eigenvalue weighted by atomic mass is 32.2. The molecule has 19 heavy (non-hydrogen) atoms. The SMILES string of the molecule is C\C=C/C(=C\C=C(/C)C(=O)c1cccc(N)c1)SC. The molecular weight excluding hydrogens is 254 g/mol. The monoisotopic (exact) mass is 273 g/mol. The minimum atomic E-state index is 0.00415. The predicted molar refractivity (Wildman–Crippen MR) is 85.4 cm³/mol. The number of hydrogen-bond acceptors (Lipinski definition) is 3. The van der Waals surface area contributed by atoms with Crippen molar-refractivity contribution in [3.05, 3.63) is 64.6 Å². The molecule has 1 aromatic carbocycles. The zero-order valence-electron chi connectivity index (χ0n) is 11.5. The van der Waals surface area contributed by atoms with Crippen LogP contribution >= 0.6 is 11.8 Å². The highest BCUT2D eigenvalue weighted by Gasteiger charge is 2.07. The topological polar surface area (TPSA) is 43.1 Å². The normalized spacial score (nSPS) is 13.0. The van der Waals surface area contributed by atoms with Gasteiger partial charge in [-0.3, -0.25) is 4.79 Å². The molecule has 0 fully saturated rings. The third kappa shape index (κ3) is 4.79. The Bertz CT molecular complexity index is 541. The lowest BCUT2D eigenvalue weighted by Crippen LogP contribution is -2.01. The minimum Gasteiger partial charge on any atom is -0.399 e. The number of anilines is 1. The summed E-state index contributed by atoms with van der Waals surface area (Å²) in [5.74, 6) is 0.00415. The van der Waals surface area contributed by atoms with Gasteiger partial charge in [-0.2, -0.15) is 0 Å². The molecule has 0 aliphatic rings. The molecule has 0 unspecified atom stereocenters. The van der Waals surface area contributed by atoms with Crippen LogP contribution in [0.5, 0.6) is 0 Å². The average molecular weight is 273 g/mol. The summed E-state index contributed by atoms with van der Waals surface area (Å²) in [6, 6.07) is 7.04. The van der Waals surface area contributed by atoms with Crippen LogP contribution in [0.1, 0.15) is 24.2 Å². The molecule has 3 heteroatoms. The zero-order chi connectivity index (χ0) is 14.3. The molecule has 0 saturated heterocycles. The fourth-order valence-corrected chi connectivity index (χ4v) is 2.02. The van der Waals surface area contributed by atoms with Crippen molar-refractivity contribution in [2.45, 2.75) is 13.8 Å². The number of nitrogens with two attached hydrogens (primary N) is 1. The van der Waals surface area contributed by atoms with Gasteiger partial charge in [0.15, 0.2) is 5.78 Å². The van der Waals surface area contributed by atoms with Crippen molar-refractivity contribution in [1.82, 2.24) is 0 Å². The van der Waals surface area contributed by atoms with Crippen LogP contribution in [-0.2, 0) is 0 Å². The van der Waals surface area contributed by atoms with E-state index in [1.807, 2.05) is 44.4 Å². The third-order valence-electron chi connectivity index (χ3n) is 2.57. The van der Waals surface area contributed by atoms with E-state index in [4.69, 9.17) is 5.73 Å². The Morgan fingerprint density at radius 2 is 2.05 bits per heavy atom. The maximum atomic E-state index is 12.2. The first-order chi connectivity index (χ1) is 9.08. The lowest BCUT2D eigenvalue weighted by Gasteiger charge is -2.02. The Balaban J connectivity index is 2.93. The van der Waals surface area contributed by atoms with Crippen molar-refractivity contribution < 1.29 is 4.79 Å². The Morgan fingerprint density at radius 3 is 2.63 bits per heavy atom. The molecule has 0 aromatic heterocycles. The van der Waals surface area contributed by atoms with E-state index in [1.165, 1.54) is 0 Å². The molecule has 1 rings (SSSR count). The van der Waals surface area contributed by atoms with Crippen molar-refractivity contribution in [2.24, 2.45) is 0 Å². The van der Waals surface area contributed by atoms with Gasteiger partial charge < -0.3 is 5.73 Å². The minimum absolute atomic E-state index is 0.00415. The van der Waals surface area contributed by atoms with E-state index < -0.39 is 0 Å². The van der Waals surface area contributed by atoms with Gasteiger partial charge in [-0.25, -0.2) is 0 Å². The molecule has 1 aromatic rings. The van der Waals surface area contributed by atoms with Crippen molar-refractivity contribution in [2.75, 3.05) is 12.0 Å². The number of rotatable bonds is 5. The molecule has 0 aliphatic carbocycles. The summed E-state index contributed by atoms with van der Waals surface area (Å²) in [5.41, 5.74) is 7.61. The van der Waals surface area contributed by atoms with Gasteiger partial charge in [0.1, 0.15) is 0 Å². The predicted octanol–water partition coefficient (Wildman–Crippen LogP) is 4.22. The van der Waals surface area contributed by atoms with E-state index in [0.717, 1.165) is 4.91 Å². The standard InChI is InChI=1S/C16H19NOS/c1-4-6-15(19-3)10-9-12(2)16(18)13-7-5-8-14(17)11-13/h4-11H,17H2,1-3H3/b6-4-,12-9+,15-10+. The summed E-state index contributed by atoms with van der Waals surface area (Å²) in [6.45, 7) is 3.79. The number of benzene rings is 1. The van der Waals surface area contributed by atoms with Crippen LogP contribution in [-0.4, -0.2) is 12.0 Å². The maximum Gasteiger partial charge on any atom is 0.188 e. The average Bonchev–Trinajstić information content (AvgIpc) is 2.42. The number of allylic oxidation sites excluding steroid dienone is 5. The van der Waals surface area contributed by atoms with Gasteiger partial charge in [-0.1, -0.05) is 30.4 Å². The fraction of sp³-hybridized carbons (Fsp3) is 0.188. The Labute approximate surface area is 119 Å². The summed E-state index contributed by atoms with van der Waals surface area (Å²) in [5, 5.41) is 0. The van der Waals surface area contributed by atoms with Crippen LogP contribution in [0, 0.1) is 0 Å². The molecular formula is C16H19NOS. The van der Waals surface area contributed by atoms with Gasteiger partial charge in [0.25, 0.3) is 0 Å². The molecule has 100 valence electrons. The van der Waals surface area contributed by atoms with Crippen LogP contribution < -0.4 is 5.73 Å². The number of nitrogen functional groups attached to an aromatic ring is 1. The van der Waals surface area contributed by atoms with E-state index in [9.17, 15) is 4.79 Å². The molecule has 2 nitrogen and oxygen atoms in total. The van der Waals surface area contributed by atoms with Gasteiger partial charge in [-0.15, -0.1) is 11.8 Å². The van der Waals surface area contributed by atoms with Crippen molar-refractivity contribution >= 4 is 23.2 Å². The fourth-order valence-electron chi connectivity index (χ4n) is 1.55. The molecule has 0 radical (unpaired) electrons. The van der Waals surface area contributed by atoms with Gasteiger partial charge in [0, 0.05) is 16.2 Å². The van der Waals surface area contributed by atoms with E-state index in [2.05, 4.69) is 0 Å². The van der Waals surface area contributed by atoms with E-state index in [-0.39, 0.29) is 5.78 Å². The lowest BCUT2D eigenvalue weighted by molar-refractivity contribution is 0.103. The molecule has 0 amide bonds. The summed E-state index contributed by atoms with van der Waals surface area (Å²) in [4.78, 5) is 13.3. The first-order valence-corrected chi connectivity index (χ1v) is 7.26. The summed E-state index contributed by atoms with van der Waals surface area (Å²) < 4.78 is 0. The Morgan fingerprint density at radius 1 is 1.32 bits per heavy atom. The highest BCUT2D eigenvalue weighted by molar-refractivity contribution is 8.02. The lowest BCUT2D eigenvalue weighted by atomic mass is 10.0. The quantitative estimate of drug-likeness (QED) is 0.378. The van der Waals surface area contributed by atoms with E-state index in [0.29, 0.717) is 16.8 Å². The van der Waals surface area contributed by atoms with E-state index >= 15 is 0 Å². The van der Waals surface area contributed by atoms with Crippen LogP contribution in [0.2, 0.25) is 0 Å². The summed E-state index contributed by atoms with van der Waals surface area (Å²) in [6.07, 6.45) is 9.79. The molecule has 0 atom stereocenters. The van der Waals surface area contributed by atoms with Crippen LogP contribution in [0.25, 0.3) is 0 Å². The van der Waals surface area contributed by atoms with Crippen molar-refractivity contribution in [1.29, 1.82) is 0 Å². The largest absolute Gasteiger partial charge is 0.399 e. The Hall–Kier alpha value is -1.74. The second-order valence-electron chi connectivity index (χ2n) is 4.08. The van der Waals surface area contributed by atoms with Crippen molar-refractivity contribution in [3.8, 4) is 0 Å². The van der Waals surface area contributed by atoms with Gasteiger partial charge in [0.05, 0.1) is 0 Å². The number of Topliss-reactive ketones (excluding diaryl/α,β-unsaturated/α-hetero) is 1. The molecule has 0 heterocycles. The highest BCUT2D eigenvalue weighted by Crippen LogP contribution is 2.15. The molecule has 0 bridgehead atoms. The van der Waals surface area contributed by atoms with E-state index in [1.54, 1.807) is 36.0 Å². The molecule has 0 spiro atoms. The number of thioether (sulfide) groups is 1. The summed E-state index contributed by atoms with van der Waals surface area (Å²) >= 11 is 1.64. The van der Waals surface area contributed by atoms with Gasteiger partial charge in [-0.05, 0) is 43.9 Å². The first kappa shape index (κ1) is 15.3. The second kappa shape index (κ2) is 7.64. The molecule has 0 saturated carbocycles. The Kier molecular flexibility index (Phi) is 6.16. The number of hydrogen-bond donors (Lipinski definition) is 1. The molecule has 0 aliphatic heterocycles. The smallest absolute Gasteiger partial charge is 0.188 e. The molecule has 2 N–H and O–H groups in total. The maximum absolute atomic E-state index is 12.2. The number of carbonyl (C=O) groups excluding carboxylic acids is 1. The van der Waals surface area contributed by atoms with Crippen LogP contribution in [0.3, 0.4) is 0 Å². The van der Waals surface area contributed by atoms with Gasteiger partial charge in [0.2, 0.25) is 0 Å². The number of carbonyl (C=O) groups is 1.